The Morgan fingerprint density at radius 1 is 1.26 bits per heavy atom. The molecule has 0 aliphatic carbocycles. The zero-order valence-corrected chi connectivity index (χ0v) is 12.1. The lowest BCUT2D eigenvalue weighted by Gasteiger charge is -2.11. The van der Waals surface area contributed by atoms with Gasteiger partial charge in [0.25, 0.3) is 0 Å². The summed E-state index contributed by atoms with van der Waals surface area (Å²) < 4.78 is 33.2. The van der Waals surface area contributed by atoms with Gasteiger partial charge in [-0.2, -0.15) is 0 Å². The summed E-state index contributed by atoms with van der Waals surface area (Å²) >= 11 is 0. The maximum Gasteiger partial charge on any atom is 0.161 e. The standard InChI is InChI=1S/C13H18O5S/c1-4-19(15,16)8-7-18-12-6-5-11(10(2)14)9-13(12)17-3/h5-6,9H,4,7-8H2,1-3H3. The Hall–Kier alpha value is -1.56. The van der Waals surface area contributed by atoms with E-state index in [9.17, 15) is 13.2 Å². The van der Waals surface area contributed by atoms with Gasteiger partial charge >= 0.3 is 0 Å². The Morgan fingerprint density at radius 3 is 2.47 bits per heavy atom. The number of ether oxygens (including phenoxy) is 2. The highest BCUT2D eigenvalue weighted by molar-refractivity contribution is 7.91. The van der Waals surface area contributed by atoms with Crippen molar-refractivity contribution >= 4 is 15.6 Å². The van der Waals surface area contributed by atoms with E-state index in [1.807, 2.05) is 0 Å². The van der Waals surface area contributed by atoms with Crippen LogP contribution in [0, 0.1) is 0 Å². The molecular formula is C13H18O5S. The van der Waals surface area contributed by atoms with Crippen LogP contribution in [0.2, 0.25) is 0 Å². The van der Waals surface area contributed by atoms with Gasteiger partial charge in [0.05, 0.1) is 12.9 Å². The first-order valence-electron chi connectivity index (χ1n) is 5.92. The van der Waals surface area contributed by atoms with Crippen molar-refractivity contribution in [2.75, 3.05) is 25.2 Å². The average Bonchev–Trinajstić information content (AvgIpc) is 2.38. The first-order chi connectivity index (χ1) is 8.89. The molecule has 106 valence electrons. The number of ketones is 1. The molecular weight excluding hydrogens is 268 g/mol. The van der Waals surface area contributed by atoms with E-state index >= 15 is 0 Å². The van der Waals surface area contributed by atoms with Crippen molar-refractivity contribution in [1.29, 1.82) is 0 Å². The molecule has 1 aromatic rings. The van der Waals surface area contributed by atoms with Gasteiger partial charge in [0.15, 0.2) is 27.1 Å². The summed E-state index contributed by atoms with van der Waals surface area (Å²) in [6.45, 7) is 3.12. The lowest BCUT2D eigenvalue weighted by molar-refractivity contribution is 0.101. The molecule has 0 aliphatic heterocycles. The molecule has 0 radical (unpaired) electrons. The minimum absolute atomic E-state index is 0.0406. The van der Waals surface area contributed by atoms with E-state index in [-0.39, 0.29) is 23.9 Å². The summed E-state index contributed by atoms with van der Waals surface area (Å²) in [6.07, 6.45) is 0. The van der Waals surface area contributed by atoms with Crippen molar-refractivity contribution in [1.82, 2.24) is 0 Å². The van der Waals surface area contributed by atoms with Crippen LogP contribution >= 0.6 is 0 Å². The number of sulfone groups is 1. The zero-order valence-electron chi connectivity index (χ0n) is 11.3. The van der Waals surface area contributed by atoms with Gasteiger partial charge in [-0.25, -0.2) is 8.42 Å². The topological polar surface area (TPSA) is 69.7 Å². The second kappa shape index (κ2) is 6.56. The van der Waals surface area contributed by atoms with Gasteiger partial charge < -0.3 is 9.47 Å². The third-order valence-electron chi connectivity index (χ3n) is 2.66. The maximum absolute atomic E-state index is 11.3. The number of hydrogen-bond acceptors (Lipinski definition) is 5. The molecule has 0 N–H and O–H groups in total. The molecule has 5 nitrogen and oxygen atoms in total. The third kappa shape index (κ3) is 4.55. The van der Waals surface area contributed by atoms with Gasteiger partial charge in [0.2, 0.25) is 0 Å². The smallest absolute Gasteiger partial charge is 0.161 e. The van der Waals surface area contributed by atoms with Crippen molar-refractivity contribution in [2.45, 2.75) is 13.8 Å². The molecule has 0 heterocycles. The second-order valence-corrected chi connectivity index (χ2v) is 6.48. The van der Waals surface area contributed by atoms with Crippen LogP contribution in [-0.4, -0.2) is 39.4 Å². The van der Waals surface area contributed by atoms with E-state index in [2.05, 4.69) is 0 Å². The molecule has 0 saturated carbocycles. The Balaban J connectivity index is 2.76. The van der Waals surface area contributed by atoms with Crippen molar-refractivity contribution in [3.63, 3.8) is 0 Å². The fourth-order valence-corrected chi connectivity index (χ4v) is 2.05. The number of benzene rings is 1. The van der Waals surface area contributed by atoms with Crippen molar-refractivity contribution < 1.29 is 22.7 Å². The molecule has 6 heteroatoms. The Kier molecular flexibility index (Phi) is 5.35. The number of methoxy groups -OCH3 is 1. The van der Waals surface area contributed by atoms with Crippen LogP contribution in [0.5, 0.6) is 11.5 Å². The number of carbonyl (C=O) groups is 1. The number of carbonyl (C=O) groups excluding carboxylic acids is 1. The molecule has 1 aromatic carbocycles. The van der Waals surface area contributed by atoms with Gasteiger partial charge in [-0.1, -0.05) is 6.92 Å². The molecule has 0 atom stereocenters. The lowest BCUT2D eigenvalue weighted by atomic mass is 10.1. The Bertz CT molecular complexity index is 548. The van der Waals surface area contributed by atoms with Gasteiger partial charge in [-0.05, 0) is 25.1 Å². The van der Waals surface area contributed by atoms with E-state index in [0.717, 1.165) is 0 Å². The van der Waals surface area contributed by atoms with Crippen LogP contribution in [0.1, 0.15) is 24.2 Å². The summed E-state index contributed by atoms with van der Waals surface area (Å²) in [5.74, 6) is 0.830. The molecule has 0 bridgehead atoms. The van der Waals surface area contributed by atoms with Crippen LogP contribution in [0.15, 0.2) is 18.2 Å². The quantitative estimate of drug-likeness (QED) is 0.714. The van der Waals surface area contributed by atoms with Crippen LogP contribution in [0.3, 0.4) is 0 Å². The maximum atomic E-state index is 11.3. The third-order valence-corrected chi connectivity index (χ3v) is 4.33. The van der Waals surface area contributed by atoms with Crippen LogP contribution in [-0.2, 0) is 9.84 Å². The van der Waals surface area contributed by atoms with E-state index in [4.69, 9.17) is 9.47 Å². The molecule has 1 rings (SSSR count). The fraction of sp³-hybridized carbons (Fsp3) is 0.462. The number of Topliss-reactive ketones (excluding diaryl/α,β-unsaturated/α-hetero) is 1. The highest BCUT2D eigenvalue weighted by Crippen LogP contribution is 2.28. The molecule has 0 spiro atoms. The van der Waals surface area contributed by atoms with Crippen LogP contribution in [0.4, 0.5) is 0 Å². The average molecular weight is 286 g/mol. The number of hydrogen-bond donors (Lipinski definition) is 0. The molecule has 19 heavy (non-hydrogen) atoms. The molecule has 0 unspecified atom stereocenters. The summed E-state index contributed by atoms with van der Waals surface area (Å²) in [7, 11) is -1.58. The van der Waals surface area contributed by atoms with E-state index in [1.165, 1.54) is 14.0 Å². The summed E-state index contributed by atoms with van der Waals surface area (Å²) in [5.41, 5.74) is 0.519. The fourth-order valence-electron chi connectivity index (χ4n) is 1.43. The monoisotopic (exact) mass is 286 g/mol. The highest BCUT2D eigenvalue weighted by Gasteiger charge is 2.11. The van der Waals surface area contributed by atoms with E-state index < -0.39 is 9.84 Å². The van der Waals surface area contributed by atoms with Crippen LogP contribution in [0.25, 0.3) is 0 Å². The molecule has 0 fully saturated rings. The van der Waals surface area contributed by atoms with E-state index in [1.54, 1.807) is 25.1 Å². The highest BCUT2D eigenvalue weighted by atomic mass is 32.2. The second-order valence-electron chi connectivity index (χ2n) is 4.01. The van der Waals surface area contributed by atoms with Crippen LogP contribution < -0.4 is 9.47 Å². The van der Waals surface area contributed by atoms with Gasteiger partial charge in [0, 0.05) is 11.3 Å². The normalized spacial score (nSPS) is 11.1. The first-order valence-corrected chi connectivity index (χ1v) is 7.74. The SMILES string of the molecule is CCS(=O)(=O)CCOc1ccc(C(C)=O)cc1OC. The summed E-state index contributed by atoms with van der Waals surface area (Å²) in [4.78, 5) is 11.2. The number of rotatable bonds is 7. The molecule has 0 aliphatic rings. The molecule has 0 aromatic heterocycles. The first kappa shape index (κ1) is 15.5. The summed E-state index contributed by atoms with van der Waals surface area (Å²) in [6, 6.07) is 4.80. The van der Waals surface area contributed by atoms with Crippen molar-refractivity contribution in [3.05, 3.63) is 23.8 Å². The summed E-state index contributed by atoms with van der Waals surface area (Å²) in [5, 5.41) is 0. The Morgan fingerprint density at radius 2 is 1.95 bits per heavy atom. The molecule has 0 saturated heterocycles. The lowest BCUT2D eigenvalue weighted by Crippen LogP contribution is -2.15. The predicted octanol–water partition coefficient (Wildman–Crippen LogP) is 1.71. The molecule has 0 amide bonds. The van der Waals surface area contributed by atoms with Gasteiger partial charge in [-0.3, -0.25) is 4.79 Å². The Labute approximate surface area is 113 Å². The largest absolute Gasteiger partial charge is 0.493 e. The minimum Gasteiger partial charge on any atom is -0.493 e. The van der Waals surface area contributed by atoms with Crippen molar-refractivity contribution in [3.8, 4) is 11.5 Å². The van der Waals surface area contributed by atoms with Gasteiger partial charge in [0.1, 0.15) is 6.61 Å². The predicted molar refractivity (Wildman–Crippen MR) is 72.8 cm³/mol. The van der Waals surface area contributed by atoms with Crippen molar-refractivity contribution in [2.24, 2.45) is 0 Å². The van der Waals surface area contributed by atoms with Gasteiger partial charge in [-0.15, -0.1) is 0 Å². The van der Waals surface area contributed by atoms with E-state index in [0.29, 0.717) is 17.1 Å². The zero-order chi connectivity index (χ0) is 14.5. The minimum atomic E-state index is -3.05.